The molecular weight excluding hydrogens is 280 g/mol. The van der Waals surface area contributed by atoms with E-state index in [1.54, 1.807) is 25.3 Å². The summed E-state index contributed by atoms with van der Waals surface area (Å²) in [7, 11) is 1.63. The number of amides is 1. The number of nitrogens with two attached hydrogens (primary N) is 1. The van der Waals surface area contributed by atoms with Gasteiger partial charge in [0.15, 0.2) is 6.61 Å². The lowest BCUT2D eigenvalue weighted by atomic mass is 10.1. The first-order valence-corrected chi connectivity index (χ1v) is 6.86. The summed E-state index contributed by atoms with van der Waals surface area (Å²) in [4.78, 5) is 11.6. The fourth-order valence-electron chi connectivity index (χ4n) is 1.65. The molecule has 0 aliphatic heterocycles. The van der Waals surface area contributed by atoms with E-state index < -0.39 is 0 Å². The Morgan fingerprint density at radius 1 is 1.50 bits per heavy atom. The van der Waals surface area contributed by atoms with Crippen LogP contribution in [-0.4, -0.2) is 32.8 Å². The van der Waals surface area contributed by atoms with E-state index in [2.05, 4.69) is 5.32 Å². The quantitative estimate of drug-likeness (QED) is 0.719. The van der Waals surface area contributed by atoms with Gasteiger partial charge in [-0.05, 0) is 31.5 Å². The first kappa shape index (κ1) is 16.8. The zero-order valence-electron chi connectivity index (χ0n) is 11.8. The number of carbonyl (C=O) groups excluding carboxylic acids is 1. The molecule has 0 heterocycles. The van der Waals surface area contributed by atoms with Gasteiger partial charge in [-0.3, -0.25) is 4.79 Å². The van der Waals surface area contributed by atoms with Gasteiger partial charge in [0, 0.05) is 36.9 Å². The van der Waals surface area contributed by atoms with Gasteiger partial charge in [-0.25, -0.2) is 0 Å². The number of carbonyl (C=O) groups is 1. The Kier molecular flexibility index (Phi) is 7.36. The maximum Gasteiger partial charge on any atom is 0.257 e. The summed E-state index contributed by atoms with van der Waals surface area (Å²) in [6.45, 7) is 2.97. The van der Waals surface area contributed by atoms with Crippen molar-refractivity contribution in [3.8, 4) is 5.75 Å². The Balaban J connectivity index is 2.47. The number of ether oxygens (including phenoxy) is 2. The first-order chi connectivity index (χ1) is 9.54. The monoisotopic (exact) mass is 300 g/mol. The van der Waals surface area contributed by atoms with Crippen LogP contribution in [0.1, 0.15) is 24.9 Å². The van der Waals surface area contributed by atoms with E-state index in [0.717, 1.165) is 12.0 Å². The van der Waals surface area contributed by atoms with Crippen molar-refractivity contribution in [3.63, 3.8) is 0 Å². The van der Waals surface area contributed by atoms with Crippen molar-refractivity contribution in [1.29, 1.82) is 0 Å². The number of hydrogen-bond acceptors (Lipinski definition) is 4. The molecule has 0 aliphatic rings. The van der Waals surface area contributed by atoms with Crippen LogP contribution in [0, 0.1) is 0 Å². The summed E-state index contributed by atoms with van der Waals surface area (Å²) in [6.07, 6.45) is 0.772. The van der Waals surface area contributed by atoms with Crippen LogP contribution < -0.4 is 15.8 Å². The smallest absolute Gasteiger partial charge is 0.257 e. The van der Waals surface area contributed by atoms with Crippen molar-refractivity contribution < 1.29 is 14.3 Å². The van der Waals surface area contributed by atoms with Crippen molar-refractivity contribution in [2.75, 3.05) is 26.9 Å². The van der Waals surface area contributed by atoms with Crippen molar-refractivity contribution in [2.24, 2.45) is 5.73 Å². The van der Waals surface area contributed by atoms with Gasteiger partial charge in [-0.2, -0.15) is 0 Å². The van der Waals surface area contributed by atoms with Gasteiger partial charge < -0.3 is 20.5 Å². The highest BCUT2D eigenvalue weighted by Gasteiger charge is 2.10. The summed E-state index contributed by atoms with van der Waals surface area (Å²) in [5.74, 6) is 0.406. The van der Waals surface area contributed by atoms with Crippen LogP contribution in [0.3, 0.4) is 0 Å². The minimum atomic E-state index is -0.214. The number of benzene rings is 1. The van der Waals surface area contributed by atoms with E-state index in [4.69, 9.17) is 26.8 Å². The minimum absolute atomic E-state index is 0.0473. The second kappa shape index (κ2) is 8.79. The average molecular weight is 301 g/mol. The minimum Gasteiger partial charge on any atom is -0.483 e. The van der Waals surface area contributed by atoms with E-state index in [0.29, 0.717) is 23.9 Å². The van der Waals surface area contributed by atoms with Crippen LogP contribution in [0.15, 0.2) is 18.2 Å². The SMILES string of the molecule is COCCCNC(=O)COc1ccc(Cl)cc1[C@@H](C)N. The van der Waals surface area contributed by atoms with Gasteiger partial charge in [0.25, 0.3) is 5.91 Å². The second-order valence-electron chi connectivity index (χ2n) is 4.46. The number of rotatable bonds is 8. The number of halogens is 1. The molecule has 0 unspecified atom stereocenters. The predicted octanol–water partition coefficient (Wildman–Crippen LogP) is 1.89. The highest BCUT2D eigenvalue weighted by Crippen LogP contribution is 2.27. The van der Waals surface area contributed by atoms with E-state index in [-0.39, 0.29) is 18.6 Å². The van der Waals surface area contributed by atoms with Crippen LogP contribution in [0.2, 0.25) is 5.02 Å². The Labute approximate surface area is 124 Å². The zero-order valence-corrected chi connectivity index (χ0v) is 12.6. The first-order valence-electron chi connectivity index (χ1n) is 6.48. The molecule has 0 saturated carbocycles. The summed E-state index contributed by atoms with van der Waals surface area (Å²) in [5.41, 5.74) is 6.63. The topological polar surface area (TPSA) is 73.6 Å². The summed E-state index contributed by atoms with van der Waals surface area (Å²) in [6, 6.07) is 4.96. The van der Waals surface area contributed by atoms with E-state index in [1.807, 2.05) is 6.92 Å². The van der Waals surface area contributed by atoms with Gasteiger partial charge in [0.05, 0.1) is 0 Å². The lowest BCUT2D eigenvalue weighted by Crippen LogP contribution is -2.30. The molecule has 112 valence electrons. The van der Waals surface area contributed by atoms with Crippen molar-refractivity contribution >= 4 is 17.5 Å². The fourth-order valence-corrected chi connectivity index (χ4v) is 1.83. The Bertz CT molecular complexity index is 438. The van der Waals surface area contributed by atoms with Crippen molar-refractivity contribution in [2.45, 2.75) is 19.4 Å². The fraction of sp³-hybridized carbons (Fsp3) is 0.500. The predicted molar refractivity (Wildman–Crippen MR) is 79.1 cm³/mol. The van der Waals surface area contributed by atoms with Gasteiger partial charge in [0.2, 0.25) is 0 Å². The largest absolute Gasteiger partial charge is 0.483 e. The molecule has 5 nitrogen and oxygen atoms in total. The molecule has 0 fully saturated rings. The van der Waals surface area contributed by atoms with Crippen molar-refractivity contribution in [1.82, 2.24) is 5.32 Å². The van der Waals surface area contributed by atoms with E-state index in [9.17, 15) is 4.79 Å². The lowest BCUT2D eigenvalue weighted by Gasteiger charge is -2.14. The molecule has 0 radical (unpaired) electrons. The number of nitrogens with one attached hydrogen (secondary N) is 1. The van der Waals surface area contributed by atoms with Gasteiger partial charge >= 0.3 is 0 Å². The van der Waals surface area contributed by atoms with Crippen molar-refractivity contribution in [3.05, 3.63) is 28.8 Å². The molecular formula is C14H21ClN2O3. The normalized spacial score (nSPS) is 12.0. The molecule has 0 saturated heterocycles. The maximum atomic E-state index is 11.6. The third kappa shape index (κ3) is 5.77. The lowest BCUT2D eigenvalue weighted by molar-refractivity contribution is -0.123. The summed E-state index contributed by atoms with van der Waals surface area (Å²) < 4.78 is 10.4. The van der Waals surface area contributed by atoms with Crippen LogP contribution in [0.25, 0.3) is 0 Å². The number of methoxy groups -OCH3 is 1. The van der Waals surface area contributed by atoms with Crippen LogP contribution in [0.5, 0.6) is 5.75 Å². The molecule has 0 bridgehead atoms. The van der Waals surface area contributed by atoms with Crippen LogP contribution >= 0.6 is 11.6 Å². The van der Waals surface area contributed by atoms with E-state index in [1.165, 1.54) is 0 Å². The molecule has 1 atom stereocenters. The van der Waals surface area contributed by atoms with Gasteiger partial charge in [-0.1, -0.05) is 11.6 Å². The molecule has 6 heteroatoms. The highest BCUT2D eigenvalue weighted by atomic mass is 35.5. The zero-order chi connectivity index (χ0) is 15.0. The molecule has 1 amide bonds. The van der Waals surface area contributed by atoms with Gasteiger partial charge in [-0.15, -0.1) is 0 Å². The summed E-state index contributed by atoms with van der Waals surface area (Å²) >= 11 is 5.92. The van der Waals surface area contributed by atoms with Crippen LogP contribution in [-0.2, 0) is 9.53 Å². The number of hydrogen-bond donors (Lipinski definition) is 2. The molecule has 3 N–H and O–H groups in total. The Morgan fingerprint density at radius 2 is 2.25 bits per heavy atom. The third-order valence-corrected chi connectivity index (χ3v) is 2.90. The molecule has 0 aromatic heterocycles. The molecule has 1 aromatic carbocycles. The maximum absolute atomic E-state index is 11.6. The summed E-state index contributed by atoms with van der Waals surface area (Å²) in [5, 5.41) is 3.34. The molecule has 20 heavy (non-hydrogen) atoms. The average Bonchev–Trinajstić information content (AvgIpc) is 2.42. The molecule has 0 spiro atoms. The molecule has 1 rings (SSSR count). The molecule has 1 aromatic rings. The molecule has 0 aliphatic carbocycles. The highest BCUT2D eigenvalue weighted by molar-refractivity contribution is 6.30. The standard InChI is InChI=1S/C14H21ClN2O3/c1-10(16)12-8-11(15)4-5-13(12)20-9-14(18)17-6-3-7-19-2/h4-5,8,10H,3,6-7,9,16H2,1-2H3,(H,17,18)/t10-/m1/s1. The third-order valence-electron chi connectivity index (χ3n) is 2.67. The Morgan fingerprint density at radius 3 is 2.90 bits per heavy atom. The van der Waals surface area contributed by atoms with Crippen LogP contribution in [0.4, 0.5) is 0 Å². The van der Waals surface area contributed by atoms with E-state index >= 15 is 0 Å². The Hall–Kier alpha value is -1.30. The van der Waals surface area contributed by atoms with Gasteiger partial charge in [0.1, 0.15) is 5.75 Å². The second-order valence-corrected chi connectivity index (χ2v) is 4.89.